The van der Waals surface area contributed by atoms with Gasteiger partial charge in [0.2, 0.25) is 0 Å². The Morgan fingerprint density at radius 3 is 2.24 bits per heavy atom. The summed E-state index contributed by atoms with van der Waals surface area (Å²) in [6.45, 7) is 0. The second kappa shape index (κ2) is 7.68. The van der Waals surface area contributed by atoms with E-state index in [1.807, 2.05) is 0 Å². The molecule has 2 rings (SSSR count). The monoisotopic (exact) mass is 395 g/mol. The van der Waals surface area contributed by atoms with Crippen LogP contribution in [-0.2, 0) is 20.0 Å². The summed E-state index contributed by atoms with van der Waals surface area (Å²) < 4.78 is 48.9. The van der Waals surface area contributed by atoms with Gasteiger partial charge in [0.1, 0.15) is 0 Å². The zero-order valence-electron chi connectivity index (χ0n) is 12.7. The van der Waals surface area contributed by atoms with E-state index >= 15 is 0 Å². The fourth-order valence-electron chi connectivity index (χ4n) is 1.76. The molecule has 0 atom stereocenters. The zero-order valence-corrected chi connectivity index (χ0v) is 16.3. The summed E-state index contributed by atoms with van der Waals surface area (Å²) in [5, 5.41) is 27.1. The first-order chi connectivity index (χ1) is 11.0. The summed E-state index contributed by atoms with van der Waals surface area (Å²) in [4.78, 5) is 8.90. The second-order valence-corrected chi connectivity index (χ2v) is 7.71. The Kier molecular flexibility index (Phi) is 6.55. The Labute approximate surface area is 165 Å². The Morgan fingerprint density at radius 2 is 1.68 bits per heavy atom. The molecular formula is C12H10N3NaO7S2. The quantitative estimate of drug-likeness (QED) is 0.366. The standard InChI is InChI=1S/C12H10N3O7S2.Na/c13-23(19,20)9-3-1-2-8(6-9)14-24(21,22)10-4-5-12(16)11(7-10)15(17)18;/h1-7,14H,(H2-,13,16,19,20);/q-1;+1. The molecule has 0 saturated carbocycles. The third-order valence-electron chi connectivity index (χ3n) is 2.85. The minimum Gasteiger partial charge on any atom is -0.560 e. The number of nitrogens with one attached hydrogen (secondary N) is 2. The third kappa shape index (κ3) is 5.14. The molecule has 3 N–H and O–H groups in total. The van der Waals surface area contributed by atoms with Crippen molar-refractivity contribution in [1.29, 1.82) is 0 Å². The molecule has 2 aromatic carbocycles. The molecule has 2 aromatic rings. The van der Waals surface area contributed by atoms with E-state index in [2.05, 4.69) is 4.72 Å². The number of sulfonamides is 2. The third-order valence-corrected chi connectivity index (χ3v) is 5.10. The molecule has 0 radical (unpaired) electrons. The molecule has 25 heavy (non-hydrogen) atoms. The van der Waals surface area contributed by atoms with Crippen LogP contribution in [0.5, 0.6) is 5.75 Å². The molecular weight excluding hydrogens is 385 g/mol. The molecule has 0 bridgehead atoms. The van der Waals surface area contributed by atoms with Crippen molar-refractivity contribution in [2.24, 2.45) is 0 Å². The number of phenolic OH excluding ortho intramolecular Hbond substituents is 1. The Bertz CT molecular complexity index is 1020. The van der Waals surface area contributed by atoms with E-state index < -0.39 is 46.2 Å². The number of hydrogen-bond donors (Lipinski definition) is 2. The van der Waals surface area contributed by atoms with Gasteiger partial charge in [-0.2, -0.15) is 0 Å². The normalized spacial score (nSPS) is 11.4. The molecule has 0 amide bonds. The molecule has 0 heterocycles. The van der Waals surface area contributed by atoms with Crippen LogP contribution >= 0.6 is 0 Å². The number of nitro groups is 1. The van der Waals surface area contributed by atoms with Crippen LogP contribution in [0.25, 0.3) is 5.14 Å². The van der Waals surface area contributed by atoms with Gasteiger partial charge in [-0.1, -0.05) is 6.07 Å². The minimum atomic E-state index is -4.28. The summed E-state index contributed by atoms with van der Waals surface area (Å²) >= 11 is 0. The van der Waals surface area contributed by atoms with E-state index in [1.54, 1.807) is 0 Å². The largest absolute Gasteiger partial charge is 1.00 e. The molecule has 0 saturated heterocycles. The van der Waals surface area contributed by atoms with E-state index in [0.717, 1.165) is 24.3 Å². The van der Waals surface area contributed by atoms with Gasteiger partial charge in [0.15, 0.2) is 5.75 Å². The minimum absolute atomic E-state index is 0. The van der Waals surface area contributed by atoms with E-state index in [-0.39, 0.29) is 35.2 Å². The molecule has 128 valence electrons. The number of nitrogens with zero attached hydrogens (tertiary/aromatic N) is 1. The number of anilines is 1. The first-order valence-corrected chi connectivity index (χ1v) is 9.07. The van der Waals surface area contributed by atoms with Gasteiger partial charge in [-0.3, -0.25) is 14.8 Å². The van der Waals surface area contributed by atoms with Crippen LogP contribution in [0.2, 0.25) is 0 Å². The molecule has 0 aliphatic heterocycles. The van der Waals surface area contributed by atoms with Crippen molar-refractivity contribution in [3.63, 3.8) is 0 Å². The predicted molar refractivity (Wildman–Crippen MR) is 83.5 cm³/mol. The number of aromatic hydroxyl groups is 1. The van der Waals surface area contributed by atoms with E-state index in [4.69, 9.17) is 5.14 Å². The SMILES string of the molecule is [NH-]S(=O)(=O)c1cccc(NS(=O)(=O)c2ccc(O)c([N+](=O)[O-])c2)c1.[Na+]. The summed E-state index contributed by atoms with van der Waals surface area (Å²) in [7, 11) is -8.55. The molecule has 0 aromatic heterocycles. The molecule has 0 fully saturated rings. The van der Waals surface area contributed by atoms with Crippen molar-refractivity contribution in [1.82, 2.24) is 0 Å². The van der Waals surface area contributed by atoms with Gasteiger partial charge in [-0.05, 0) is 30.3 Å². The van der Waals surface area contributed by atoms with Crippen molar-refractivity contribution in [2.75, 3.05) is 4.72 Å². The van der Waals surface area contributed by atoms with Crippen molar-refractivity contribution in [2.45, 2.75) is 9.79 Å². The van der Waals surface area contributed by atoms with Crippen LogP contribution < -0.4 is 34.3 Å². The van der Waals surface area contributed by atoms with Gasteiger partial charge in [-0.25, -0.2) is 16.8 Å². The second-order valence-electron chi connectivity index (χ2n) is 4.54. The van der Waals surface area contributed by atoms with Gasteiger partial charge in [0.05, 0.1) is 30.4 Å². The Hall–Kier alpha value is -1.70. The Morgan fingerprint density at radius 1 is 1.04 bits per heavy atom. The summed E-state index contributed by atoms with van der Waals surface area (Å²) in [6, 6.07) is 7.02. The molecule has 10 nitrogen and oxygen atoms in total. The zero-order chi connectivity index (χ0) is 18.1. The summed E-state index contributed by atoms with van der Waals surface area (Å²) in [6.07, 6.45) is 0. The van der Waals surface area contributed by atoms with Gasteiger partial charge >= 0.3 is 35.2 Å². The number of benzene rings is 2. The van der Waals surface area contributed by atoms with E-state index in [9.17, 15) is 32.1 Å². The van der Waals surface area contributed by atoms with Crippen molar-refractivity contribution >= 4 is 31.4 Å². The van der Waals surface area contributed by atoms with Gasteiger partial charge in [0.25, 0.3) is 10.0 Å². The average molecular weight is 395 g/mol. The number of phenols is 1. The first kappa shape index (κ1) is 21.3. The maximum Gasteiger partial charge on any atom is 1.00 e. The fraction of sp³-hybridized carbons (Fsp3) is 0. The smallest absolute Gasteiger partial charge is 0.560 e. The first-order valence-electron chi connectivity index (χ1n) is 6.10. The fourth-order valence-corrected chi connectivity index (χ4v) is 3.37. The summed E-state index contributed by atoms with van der Waals surface area (Å²) in [5.74, 6) is -0.693. The van der Waals surface area contributed by atoms with Crippen LogP contribution in [0.15, 0.2) is 52.3 Å². The number of rotatable bonds is 5. The van der Waals surface area contributed by atoms with E-state index in [0.29, 0.717) is 6.07 Å². The van der Waals surface area contributed by atoms with Gasteiger partial charge in [-0.15, -0.1) is 0 Å². The van der Waals surface area contributed by atoms with E-state index in [1.165, 1.54) is 12.1 Å². The molecule has 0 aliphatic carbocycles. The molecule has 13 heteroatoms. The molecule has 0 spiro atoms. The van der Waals surface area contributed by atoms with Crippen LogP contribution in [0.3, 0.4) is 0 Å². The van der Waals surface area contributed by atoms with Crippen molar-refractivity contribution in [3.8, 4) is 5.75 Å². The predicted octanol–water partition coefficient (Wildman–Crippen LogP) is -1.15. The van der Waals surface area contributed by atoms with Gasteiger partial charge < -0.3 is 10.2 Å². The molecule has 0 aliphatic rings. The van der Waals surface area contributed by atoms with Crippen molar-refractivity contribution in [3.05, 3.63) is 57.7 Å². The van der Waals surface area contributed by atoms with Crippen LogP contribution in [-0.4, -0.2) is 26.9 Å². The maximum atomic E-state index is 12.2. The van der Waals surface area contributed by atoms with Crippen molar-refractivity contribution < 1.29 is 56.4 Å². The topological polar surface area (TPSA) is 167 Å². The Balaban J connectivity index is 0.00000312. The van der Waals surface area contributed by atoms with Crippen LogP contribution in [0.1, 0.15) is 0 Å². The summed E-state index contributed by atoms with van der Waals surface area (Å²) in [5.41, 5.74) is -0.931. The average Bonchev–Trinajstić information content (AvgIpc) is 2.46. The number of nitro benzene ring substituents is 1. The number of hydrogen-bond acceptors (Lipinski definition) is 7. The van der Waals surface area contributed by atoms with Crippen LogP contribution in [0.4, 0.5) is 11.4 Å². The van der Waals surface area contributed by atoms with Crippen LogP contribution in [0, 0.1) is 10.1 Å². The molecule has 0 unspecified atom stereocenters. The van der Waals surface area contributed by atoms with Gasteiger partial charge in [0, 0.05) is 6.07 Å². The maximum absolute atomic E-state index is 12.2.